The molecule has 2 heterocycles. The highest BCUT2D eigenvalue weighted by Crippen LogP contribution is 2.17. The van der Waals surface area contributed by atoms with Crippen LogP contribution in [0.2, 0.25) is 0 Å². The minimum atomic E-state index is 0.470. The summed E-state index contributed by atoms with van der Waals surface area (Å²) in [6, 6.07) is 0.981. The van der Waals surface area contributed by atoms with Gasteiger partial charge in [0.15, 0.2) is 0 Å². The summed E-state index contributed by atoms with van der Waals surface area (Å²) in [5.41, 5.74) is 0. The normalized spacial score (nSPS) is 28.3. The topological polar surface area (TPSA) is 51.2 Å². The fourth-order valence-electron chi connectivity index (χ4n) is 2.40. The molecular weight excluding hydrogens is 260 g/mol. The largest absolute Gasteiger partial charge is 0.370 e. The lowest BCUT2D eigenvalue weighted by atomic mass is 10.0. The molecule has 4 heteroatoms. The van der Waals surface area contributed by atoms with E-state index in [1.54, 1.807) is 0 Å². The Kier molecular flexibility index (Phi) is 7.95. The molecule has 1 aliphatic carbocycles. The van der Waals surface area contributed by atoms with Gasteiger partial charge in [-0.1, -0.05) is 19.3 Å². The molecule has 3 aliphatic rings. The van der Waals surface area contributed by atoms with Crippen LogP contribution in [0.3, 0.4) is 0 Å². The van der Waals surface area contributed by atoms with E-state index >= 15 is 0 Å². The molecule has 3 N–H and O–H groups in total. The average molecular weight is 292 g/mol. The zero-order valence-corrected chi connectivity index (χ0v) is 13.8. The van der Waals surface area contributed by atoms with Gasteiger partial charge in [-0.05, 0) is 33.1 Å². The number of rotatable bonds is 1. The summed E-state index contributed by atoms with van der Waals surface area (Å²) in [6.45, 7) is 12.3. The van der Waals surface area contributed by atoms with Crippen molar-refractivity contribution in [3.8, 4) is 0 Å². The number of likely N-dealkylation sites (tertiary alicyclic amines) is 1. The van der Waals surface area contributed by atoms with Gasteiger partial charge >= 0.3 is 0 Å². The molecule has 0 spiro atoms. The standard InChI is InChI=1S/C12H22N4.C3H6.C2H4/c1-9-8-14-12(15-9)7-11(13)16-6-4-3-5-10(16)2;1-2-3-1;1-2/h7,9-10,13-15H,3-6,8H2,1-2H3;1-3H2;1-2H2/b12-7-,13-11?;;. The number of hydrogen-bond donors (Lipinski definition) is 3. The van der Waals surface area contributed by atoms with Crippen LogP contribution in [0.25, 0.3) is 0 Å². The molecule has 0 bridgehead atoms. The monoisotopic (exact) mass is 292 g/mol. The van der Waals surface area contributed by atoms with E-state index in [0.717, 1.165) is 18.9 Å². The van der Waals surface area contributed by atoms with Crippen LogP contribution in [0.15, 0.2) is 25.1 Å². The van der Waals surface area contributed by atoms with Gasteiger partial charge in [0.1, 0.15) is 11.7 Å². The number of amidine groups is 1. The predicted molar refractivity (Wildman–Crippen MR) is 91.5 cm³/mol. The minimum absolute atomic E-state index is 0.470. The van der Waals surface area contributed by atoms with Gasteiger partial charge in [-0.2, -0.15) is 0 Å². The molecule has 3 rings (SSSR count). The SMILES string of the molecule is C1CC1.C=C.CC1CN/C(=C/C(=N)N2CCCCC2C)N1. The van der Waals surface area contributed by atoms with Crippen molar-refractivity contribution in [2.45, 2.75) is 64.5 Å². The average Bonchev–Trinajstić information content (AvgIpc) is 3.32. The Hall–Kier alpha value is -1.45. The highest BCUT2D eigenvalue weighted by Gasteiger charge is 2.21. The lowest BCUT2D eigenvalue weighted by Crippen LogP contribution is -2.41. The van der Waals surface area contributed by atoms with Crippen LogP contribution in [-0.2, 0) is 0 Å². The van der Waals surface area contributed by atoms with Gasteiger partial charge in [-0.3, -0.25) is 5.41 Å². The molecule has 0 aromatic heterocycles. The van der Waals surface area contributed by atoms with Gasteiger partial charge in [0, 0.05) is 31.2 Å². The first-order chi connectivity index (χ1) is 10.2. The molecule has 0 aromatic rings. The number of nitrogens with one attached hydrogen (secondary N) is 3. The minimum Gasteiger partial charge on any atom is -0.370 e. The van der Waals surface area contributed by atoms with Crippen molar-refractivity contribution in [1.82, 2.24) is 15.5 Å². The quantitative estimate of drug-likeness (QED) is 0.395. The summed E-state index contributed by atoms with van der Waals surface area (Å²) < 4.78 is 0. The van der Waals surface area contributed by atoms with Crippen molar-refractivity contribution in [2.24, 2.45) is 0 Å². The van der Waals surface area contributed by atoms with E-state index in [1.807, 2.05) is 6.08 Å². The molecule has 0 amide bonds. The van der Waals surface area contributed by atoms with Crippen molar-refractivity contribution in [2.75, 3.05) is 13.1 Å². The first-order valence-corrected chi connectivity index (χ1v) is 8.24. The second-order valence-electron chi connectivity index (χ2n) is 5.97. The highest BCUT2D eigenvalue weighted by molar-refractivity contribution is 5.91. The van der Waals surface area contributed by atoms with Crippen molar-refractivity contribution in [1.29, 1.82) is 5.41 Å². The molecule has 3 fully saturated rings. The Morgan fingerprint density at radius 2 is 1.86 bits per heavy atom. The molecule has 120 valence electrons. The second kappa shape index (κ2) is 9.48. The van der Waals surface area contributed by atoms with E-state index in [0.29, 0.717) is 17.9 Å². The maximum atomic E-state index is 8.11. The van der Waals surface area contributed by atoms with Crippen LogP contribution in [0.1, 0.15) is 52.4 Å². The Bertz CT molecular complexity index is 346. The number of piperidine rings is 1. The van der Waals surface area contributed by atoms with E-state index in [4.69, 9.17) is 5.41 Å². The Balaban J connectivity index is 0.000000380. The lowest BCUT2D eigenvalue weighted by molar-refractivity contribution is 0.258. The van der Waals surface area contributed by atoms with E-state index in [2.05, 4.69) is 42.5 Å². The molecule has 1 saturated carbocycles. The van der Waals surface area contributed by atoms with Crippen LogP contribution in [-0.4, -0.2) is 35.9 Å². The third-order valence-corrected chi connectivity index (χ3v) is 3.75. The molecule has 4 nitrogen and oxygen atoms in total. The van der Waals surface area contributed by atoms with Gasteiger partial charge < -0.3 is 15.5 Å². The van der Waals surface area contributed by atoms with Crippen LogP contribution in [0.5, 0.6) is 0 Å². The predicted octanol–water partition coefficient (Wildman–Crippen LogP) is 3.23. The number of hydrogen-bond acceptors (Lipinski definition) is 3. The van der Waals surface area contributed by atoms with Crippen molar-refractivity contribution < 1.29 is 0 Å². The zero-order valence-electron chi connectivity index (χ0n) is 13.8. The van der Waals surface area contributed by atoms with Gasteiger partial charge in [-0.15, -0.1) is 13.2 Å². The van der Waals surface area contributed by atoms with E-state index in [1.165, 1.54) is 38.5 Å². The highest BCUT2D eigenvalue weighted by atomic mass is 15.2. The molecule has 0 radical (unpaired) electrons. The van der Waals surface area contributed by atoms with Gasteiger partial charge in [0.05, 0.1) is 0 Å². The van der Waals surface area contributed by atoms with Crippen LogP contribution in [0.4, 0.5) is 0 Å². The van der Waals surface area contributed by atoms with Crippen LogP contribution in [0, 0.1) is 5.41 Å². The maximum absolute atomic E-state index is 8.11. The fourth-order valence-corrected chi connectivity index (χ4v) is 2.40. The maximum Gasteiger partial charge on any atom is 0.124 e. The zero-order chi connectivity index (χ0) is 15.7. The Labute approximate surface area is 130 Å². The van der Waals surface area contributed by atoms with E-state index in [-0.39, 0.29) is 0 Å². The van der Waals surface area contributed by atoms with Gasteiger partial charge in [0.25, 0.3) is 0 Å². The summed E-state index contributed by atoms with van der Waals surface area (Å²) in [4.78, 5) is 2.20. The first-order valence-electron chi connectivity index (χ1n) is 8.24. The third-order valence-electron chi connectivity index (χ3n) is 3.75. The summed E-state index contributed by atoms with van der Waals surface area (Å²) in [5.74, 6) is 1.63. The molecular formula is C17H32N4. The fraction of sp³-hybridized carbons (Fsp3) is 0.706. The van der Waals surface area contributed by atoms with Crippen molar-refractivity contribution >= 4 is 5.84 Å². The summed E-state index contributed by atoms with van der Waals surface area (Å²) >= 11 is 0. The van der Waals surface area contributed by atoms with Crippen LogP contribution < -0.4 is 10.6 Å². The molecule has 2 aliphatic heterocycles. The number of nitrogens with zero attached hydrogens (tertiary/aromatic N) is 1. The van der Waals surface area contributed by atoms with E-state index in [9.17, 15) is 0 Å². The molecule has 0 aromatic carbocycles. The molecule has 2 saturated heterocycles. The Morgan fingerprint density at radius 3 is 2.33 bits per heavy atom. The second-order valence-corrected chi connectivity index (χ2v) is 5.97. The van der Waals surface area contributed by atoms with Crippen LogP contribution >= 0.6 is 0 Å². The Morgan fingerprint density at radius 1 is 1.19 bits per heavy atom. The summed E-state index contributed by atoms with van der Waals surface area (Å²) in [5, 5.41) is 14.7. The smallest absolute Gasteiger partial charge is 0.124 e. The molecule has 21 heavy (non-hydrogen) atoms. The molecule has 2 unspecified atom stereocenters. The third kappa shape index (κ3) is 6.69. The first kappa shape index (κ1) is 17.6. The summed E-state index contributed by atoms with van der Waals surface area (Å²) in [7, 11) is 0. The van der Waals surface area contributed by atoms with Gasteiger partial charge in [0.2, 0.25) is 0 Å². The van der Waals surface area contributed by atoms with Crippen molar-refractivity contribution in [3.05, 3.63) is 25.1 Å². The van der Waals surface area contributed by atoms with Gasteiger partial charge in [-0.25, -0.2) is 0 Å². The van der Waals surface area contributed by atoms with Crippen molar-refractivity contribution in [3.63, 3.8) is 0 Å². The summed E-state index contributed by atoms with van der Waals surface area (Å²) in [6.07, 6.45) is 10.1. The lowest BCUT2D eigenvalue weighted by Gasteiger charge is -2.34. The van der Waals surface area contributed by atoms with E-state index < -0.39 is 0 Å². The molecule has 2 atom stereocenters.